The molecule has 0 aromatic carbocycles. The first kappa shape index (κ1) is 28.3. The topological polar surface area (TPSA) is 51.6 Å². The zero-order valence-corrected chi connectivity index (χ0v) is 23.4. The molecule has 0 amide bonds. The van der Waals surface area contributed by atoms with Crippen LogP contribution in [0.25, 0.3) is 22.5 Å². The molecule has 0 N–H and O–H groups in total. The van der Waals surface area contributed by atoms with Crippen LogP contribution in [0.2, 0.25) is 0 Å². The van der Waals surface area contributed by atoms with Gasteiger partial charge in [0.05, 0.1) is 33.9 Å². The van der Waals surface area contributed by atoms with E-state index in [-0.39, 0.29) is 22.0 Å². The van der Waals surface area contributed by atoms with Crippen LogP contribution in [0, 0.1) is 23.8 Å². The Morgan fingerprint density at radius 3 is 1.15 bits per heavy atom. The molecule has 0 saturated heterocycles. The summed E-state index contributed by atoms with van der Waals surface area (Å²) >= 11 is 0. The third kappa shape index (κ3) is 5.84. The molecule has 4 aromatic heterocycles. The molecule has 0 unspecified atom stereocenters. The van der Waals surface area contributed by atoms with Crippen molar-refractivity contribution in [1.82, 2.24) is 19.9 Å². The minimum absolute atomic E-state index is 0.0797. The molecule has 0 saturated carbocycles. The number of hydrogen-bond donors (Lipinski definition) is 0. The average molecular weight is 537 g/mol. The van der Waals surface area contributed by atoms with Gasteiger partial charge in [0.2, 0.25) is 23.8 Å². The van der Waals surface area contributed by atoms with Gasteiger partial charge in [-0.3, -0.25) is 9.97 Å². The maximum atomic E-state index is 14.7. The summed E-state index contributed by atoms with van der Waals surface area (Å²) in [6, 6.07) is 12.3. The van der Waals surface area contributed by atoms with Crippen molar-refractivity contribution in [3.63, 3.8) is 0 Å². The van der Waals surface area contributed by atoms with Gasteiger partial charge >= 0.3 is 0 Å². The van der Waals surface area contributed by atoms with Crippen molar-refractivity contribution >= 4 is 0 Å². The lowest BCUT2D eigenvalue weighted by Crippen LogP contribution is -2.26. The highest BCUT2D eigenvalue weighted by molar-refractivity contribution is 5.63. The van der Waals surface area contributed by atoms with E-state index < -0.39 is 29.2 Å². The summed E-state index contributed by atoms with van der Waals surface area (Å²) in [6.07, 6.45) is 0. The van der Waals surface area contributed by atoms with Gasteiger partial charge in [-0.05, 0) is 84.3 Å². The molecule has 4 aromatic rings. The third-order valence-corrected chi connectivity index (χ3v) is 6.84. The van der Waals surface area contributed by atoms with Gasteiger partial charge in [-0.1, -0.05) is 41.5 Å². The van der Waals surface area contributed by atoms with Crippen molar-refractivity contribution in [3.05, 3.63) is 94.8 Å². The molecule has 0 atom stereocenters. The first-order valence-corrected chi connectivity index (χ1v) is 12.7. The molecule has 8 heteroatoms. The lowest BCUT2D eigenvalue weighted by molar-refractivity contribution is 0.514. The minimum Gasteiger partial charge on any atom is -0.252 e. The molecule has 0 fully saturated rings. The number of rotatable bonds is 4. The highest BCUT2D eigenvalue weighted by Crippen LogP contribution is 2.38. The number of nitrogens with zero attached hydrogens (tertiary/aromatic N) is 4. The summed E-state index contributed by atoms with van der Waals surface area (Å²) in [7, 11) is 0. The molecule has 39 heavy (non-hydrogen) atoms. The minimum atomic E-state index is -0.952. The Bertz CT molecular complexity index is 1430. The number of halogens is 4. The molecule has 0 aliphatic carbocycles. The Balaban J connectivity index is 1.97. The summed E-state index contributed by atoms with van der Waals surface area (Å²) in [4.78, 5) is 16.3. The Morgan fingerprint density at radius 2 is 0.846 bits per heavy atom. The van der Waals surface area contributed by atoms with Gasteiger partial charge < -0.3 is 0 Å². The monoisotopic (exact) mass is 536 g/mol. The summed E-state index contributed by atoms with van der Waals surface area (Å²) in [6.45, 7) is 16.1. The van der Waals surface area contributed by atoms with E-state index in [0.29, 0.717) is 22.8 Å². The average Bonchev–Trinajstić information content (AvgIpc) is 2.82. The van der Waals surface area contributed by atoms with Gasteiger partial charge in [0.1, 0.15) is 0 Å². The summed E-state index contributed by atoms with van der Waals surface area (Å²) in [5.41, 5.74) is 2.29. The van der Waals surface area contributed by atoms with Crippen LogP contribution in [0.4, 0.5) is 17.6 Å². The van der Waals surface area contributed by atoms with Gasteiger partial charge in [0, 0.05) is 5.41 Å². The van der Waals surface area contributed by atoms with Crippen molar-refractivity contribution in [1.29, 1.82) is 0 Å². The van der Waals surface area contributed by atoms with Gasteiger partial charge in [0.25, 0.3) is 0 Å². The normalized spacial score (nSPS) is 12.6. The zero-order valence-electron chi connectivity index (χ0n) is 23.4. The van der Waals surface area contributed by atoms with Crippen LogP contribution in [0.5, 0.6) is 0 Å². The fourth-order valence-electron chi connectivity index (χ4n) is 4.18. The Hall–Kier alpha value is -3.68. The van der Waals surface area contributed by atoms with Crippen molar-refractivity contribution in [2.75, 3.05) is 0 Å². The van der Waals surface area contributed by atoms with E-state index in [1.54, 1.807) is 12.1 Å². The van der Waals surface area contributed by atoms with Gasteiger partial charge in [-0.15, -0.1) is 0 Å². The Labute approximate surface area is 226 Å². The quantitative estimate of drug-likeness (QED) is 0.195. The van der Waals surface area contributed by atoms with Crippen LogP contribution in [0.15, 0.2) is 48.5 Å². The molecule has 4 nitrogen and oxygen atoms in total. The van der Waals surface area contributed by atoms with E-state index in [1.165, 1.54) is 12.1 Å². The largest absolute Gasteiger partial charge is 0.252 e. The smallest absolute Gasteiger partial charge is 0.224 e. The van der Waals surface area contributed by atoms with Crippen LogP contribution in [0.1, 0.15) is 77.9 Å². The van der Waals surface area contributed by atoms with Gasteiger partial charge in [-0.25, -0.2) is 0 Å². The van der Waals surface area contributed by atoms with E-state index in [4.69, 9.17) is 9.97 Å². The number of pyridine rings is 4. The molecule has 0 aliphatic heterocycles. The molecular formula is C31H32F4N4. The molecule has 0 aliphatic rings. The van der Waals surface area contributed by atoms with Crippen LogP contribution < -0.4 is 0 Å². The highest BCUT2D eigenvalue weighted by atomic mass is 19.1. The zero-order chi connectivity index (χ0) is 28.9. The summed E-state index contributed by atoms with van der Waals surface area (Å²) in [5.74, 6) is -3.73. The van der Waals surface area contributed by atoms with Crippen LogP contribution >= 0.6 is 0 Å². The first-order valence-electron chi connectivity index (χ1n) is 12.7. The van der Waals surface area contributed by atoms with Crippen LogP contribution in [-0.2, 0) is 16.2 Å². The van der Waals surface area contributed by atoms with Crippen molar-refractivity contribution < 1.29 is 17.6 Å². The fourth-order valence-corrected chi connectivity index (χ4v) is 4.18. The van der Waals surface area contributed by atoms with Crippen LogP contribution in [0.3, 0.4) is 0 Å². The second-order valence-electron chi connectivity index (χ2n) is 12.3. The van der Waals surface area contributed by atoms with Crippen molar-refractivity contribution in [2.24, 2.45) is 0 Å². The number of hydrogen-bond acceptors (Lipinski definition) is 4. The van der Waals surface area contributed by atoms with E-state index in [2.05, 4.69) is 9.97 Å². The van der Waals surface area contributed by atoms with Gasteiger partial charge in [-0.2, -0.15) is 27.5 Å². The maximum absolute atomic E-state index is 14.7. The first-order chi connectivity index (χ1) is 18.0. The molecule has 204 valence electrons. The van der Waals surface area contributed by atoms with E-state index in [1.807, 2.05) is 67.5 Å². The molecule has 0 radical (unpaired) electrons. The number of aromatic nitrogens is 4. The lowest BCUT2D eigenvalue weighted by atomic mass is 9.78. The summed E-state index contributed by atoms with van der Waals surface area (Å²) < 4.78 is 56.6. The van der Waals surface area contributed by atoms with E-state index in [9.17, 15) is 17.6 Å². The van der Waals surface area contributed by atoms with Crippen LogP contribution in [-0.4, -0.2) is 19.9 Å². The maximum Gasteiger partial charge on any atom is 0.224 e. The predicted molar refractivity (Wildman–Crippen MR) is 144 cm³/mol. The van der Waals surface area contributed by atoms with E-state index in [0.717, 1.165) is 23.3 Å². The van der Waals surface area contributed by atoms with Crippen molar-refractivity contribution in [2.45, 2.75) is 71.6 Å². The predicted octanol–water partition coefficient (Wildman–Crippen LogP) is 8.08. The van der Waals surface area contributed by atoms with E-state index >= 15 is 0 Å². The molecule has 0 spiro atoms. The Kier molecular flexibility index (Phi) is 7.13. The second kappa shape index (κ2) is 9.81. The lowest BCUT2D eigenvalue weighted by Gasteiger charge is -2.30. The summed E-state index contributed by atoms with van der Waals surface area (Å²) in [5, 5.41) is 0. The SMILES string of the molecule is CC(C)(C)c1cc(-c2ccc(F)nc2F)nc(C(C)(C)c2cc(C(C)(C)C)cc(-c3ccc(F)nc3F)n2)c1. The third-order valence-electron chi connectivity index (χ3n) is 6.84. The standard InChI is InChI=1S/C31H32F4N4/c1-29(2,3)17-13-21(19-9-11-25(32)38-27(19)34)36-23(15-17)31(7,8)24-16-18(30(4,5)6)14-22(37-24)20-10-12-26(33)39-28(20)35/h9-16H,1-8H3. The van der Waals surface area contributed by atoms with Gasteiger partial charge in [0.15, 0.2) is 0 Å². The van der Waals surface area contributed by atoms with Crippen molar-refractivity contribution in [3.8, 4) is 22.5 Å². The molecule has 4 heterocycles. The Morgan fingerprint density at radius 1 is 0.487 bits per heavy atom. The second-order valence-corrected chi connectivity index (χ2v) is 12.3. The molecule has 4 rings (SSSR count). The molecule has 0 bridgehead atoms. The highest BCUT2D eigenvalue weighted by Gasteiger charge is 2.32. The fraction of sp³-hybridized carbons (Fsp3) is 0.355. The molecular weight excluding hydrogens is 504 g/mol.